The fourth-order valence-electron chi connectivity index (χ4n) is 3.73. The van der Waals surface area contributed by atoms with Crippen LogP contribution in [0.15, 0.2) is 43.1 Å². The van der Waals surface area contributed by atoms with E-state index < -0.39 is 0 Å². The van der Waals surface area contributed by atoms with Gasteiger partial charge in [-0.05, 0) is 55.6 Å². The Labute approximate surface area is 142 Å². The molecule has 1 saturated heterocycles. The second kappa shape index (κ2) is 6.69. The third-order valence-corrected chi connectivity index (χ3v) is 5.18. The molecular formula is C19H24N4O. The van der Waals surface area contributed by atoms with Gasteiger partial charge in [0.05, 0.1) is 13.4 Å². The highest BCUT2D eigenvalue weighted by Crippen LogP contribution is 2.34. The molecule has 1 fully saturated rings. The first-order valence-corrected chi connectivity index (χ1v) is 8.66. The number of imidazole rings is 1. The lowest BCUT2D eigenvalue weighted by Gasteiger charge is -2.32. The first-order chi connectivity index (χ1) is 11.8. The molecule has 5 heteroatoms. The second-order valence-electron chi connectivity index (χ2n) is 6.57. The smallest absolute Gasteiger partial charge is 0.119 e. The van der Waals surface area contributed by atoms with E-state index in [1.54, 1.807) is 7.11 Å². The number of nitrogens with zero attached hydrogens (tertiary/aromatic N) is 3. The quantitative estimate of drug-likeness (QED) is 0.783. The number of piperidine rings is 1. The number of aromatic amines is 1. The first kappa shape index (κ1) is 15.3. The molecule has 0 aliphatic carbocycles. The summed E-state index contributed by atoms with van der Waals surface area (Å²) in [6.07, 6.45) is 10.4. The predicted octanol–water partition coefficient (Wildman–Crippen LogP) is 3.25. The van der Waals surface area contributed by atoms with Crippen molar-refractivity contribution in [1.29, 1.82) is 0 Å². The van der Waals surface area contributed by atoms with Crippen molar-refractivity contribution in [1.82, 2.24) is 19.4 Å². The van der Waals surface area contributed by atoms with E-state index in [2.05, 4.69) is 37.8 Å². The van der Waals surface area contributed by atoms with Crippen LogP contribution in [0.4, 0.5) is 0 Å². The maximum absolute atomic E-state index is 5.39. The molecule has 3 heterocycles. The Morgan fingerprint density at radius 1 is 1.25 bits per heavy atom. The van der Waals surface area contributed by atoms with E-state index in [0.717, 1.165) is 31.9 Å². The summed E-state index contributed by atoms with van der Waals surface area (Å²) in [5.74, 6) is 1.57. The summed E-state index contributed by atoms with van der Waals surface area (Å²) in [5.41, 5.74) is 2.64. The molecule has 0 bridgehead atoms. The van der Waals surface area contributed by atoms with Gasteiger partial charge in [0.2, 0.25) is 0 Å². The molecule has 1 aliphatic heterocycles. The molecule has 0 spiro atoms. The van der Waals surface area contributed by atoms with E-state index in [9.17, 15) is 0 Å². The highest BCUT2D eigenvalue weighted by atomic mass is 16.5. The van der Waals surface area contributed by atoms with E-state index in [4.69, 9.17) is 4.74 Å². The van der Waals surface area contributed by atoms with Crippen molar-refractivity contribution in [3.63, 3.8) is 0 Å². The fourth-order valence-corrected chi connectivity index (χ4v) is 3.73. The fraction of sp³-hybridized carbons (Fsp3) is 0.421. The number of hydrogen-bond donors (Lipinski definition) is 1. The molecule has 3 aromatic rings. The van der Waals surface area contributed by atoms with Gasteiger partial charge in [-0.2, -0.15) is 0 Å². The van der Waals surface area contributed by atoms with Crippen LogP contribution < -0.4 is 4.74 Å². The van der Waals surface area contributed by atoms with Crippen LogP contribution in [0.25, 0.3) is 10.9 Å². The molecule has 0 amide bonds. The van der Waals surface area contributed by atoms with Gasteiger partial charge in [-0.1, -0.05) is 0 Å². The minimum atomic E-state index is 0.635. The number of nitrogens with one attached hydrogen (secondary N) is 1. The van der Waals surface area contributed by atoms with Crippen LogP contribution in [0.2, 0.25) is 0 Å². The lowest BCUT2D eigenvalue weighted by atomic mass is 9.89. The van der Waals surface area contributed by atoms with Gasteiger partial charge in [0, 0.05) is 42.6 Å². The van der Waals surface area contributed by atoms with Crippen LogP contribution in [0.3, 0.4) is 0 Å². The minimum absolute atomic E-state index is 0.635. The van der Waals surface area contributed by atoms with E-state index >= 15 is 0 Å². The Morgan fingerprint density at radius 2 is 2.12 bits per heavy atom. The molecule has 0 unspecified atom stereocenters. The highest BCUT2D eigenvalue weighted by Gasteiger charge is 2.22. The number of likely N-dealkylation sites (tertiary alicyclic amines) is 1. The Balaban J connectivity index is 1.40. The molecule has 0 radical (unpaired) electrons. The topological polar surface area (TPSA) is 46.1 Å². The van der Waals surface area contributed by atoms with Gasteiger partial charge in [0.1, 0.15) is 5.75 Å². The van der Waals surface area contributed by atoms with Gasteiger partial charge in [-0.3, -0.25) is 0 Å². The van der Waals surface area contributed by atoms with Crippen molar-refractivity contribution < 1.29 is 4.74 Å². The monoisotopic (exact) mass is 324 g/mol. The molecule has 2 aromatic heterocycles. The van der Waals surface area contributed by atoms with Gasteiger partial charge in [-0.15, -0.1) is 0 Å². The number of ether oxygens (including phenoxy) is 1. The zero-order valence-electron chi connectivity index (χ0n) is 14.1. The normalized spacial score (nSPS) is 16.7. The summed E-state index contributed by atoms with van der Waals surface area (Å²) in [7, 11) is 1.73. The number of benzene rings is 1. The molecular weight excluding hydrogens is 300 g/mol. The van der Waals surface area contributed by atoms with Crippen molar-refractivity contribution >= 4 is 10.9 Å². The average Bonchev–Trinajstić information content (AvgIpc) is 3.29. The molecule has 5 nitrogen and oxygen atoms in total. The number of hydrogen-bond acceptors (Lipinski definition) is 3. The SMILES string of the molecule is COc1ccc2[nH]cc(C3CCN(CCn4ccnc4)CC3)c2c1. The molecule has 0 atom stereocenters. The van der Waals surface area contributed by atoms with Gasteiger partial charge < -0.3 is 19.2 Å². The van der Waals surface area contributed by atoms with Crippen molar-refractivity contribution in [2.24, 2.45) is 0 Å². The zero-order chi connectivity index (χ0) is 16.4. The van der Waals surface area contributed by atoms with Crippen LogP contribution in [0, 0.1) is 0 Å². The summed E-state index contributed by atoms with van der Waals surface area (Å²) in [6.45, 7) is 4.45. The van der Waals surface area contributed by atoms with Crippen molar-refractivity contribution in [2.75, 3.05) is 26.7 Å². The average molecular weight is 324 g/mol. The van der Waals surface area contributed by atoms with Gasteiger partial charge in [0.15, 0.2) is 0 Å². The van der Waals surface area contributed by atoms with Crippen LogP contribution in [0.5, 0.6) is 5.75 Å². The second-order valence-corrected chi connectivity index (χ2v) is 6.57. The number of fused-ring (bicyclic) bond motifs is 1. The van der Waals surface area contributed by atoms with E-state index in [1.165, 1.54) is 29.3 Å². The third kappa shape index (κ3) is 3.04. The Morgan fingerprint density at radius 3 is 2.88 bits per heavy atom. The van der Waals surface area contributed by atoms with Crippen molar-refractivity contribution in [3.05, 3.63) is 48.7 Å². The maximum Gasteiger partial charge on any atom is 0.119 e. The van der Waals surface area contributed by atoms with Gasteiger partial charge >= 0.3 is 0 Å². The van der Waals surface area contributed by atoms with Crippen LogP contribution in [-0.2, 0) is 6.54 Å². The highest BCUT2D eigenvalue weighted by molar-refractivity contribution is 5.85. The number of methoxy groups -OCH3 is 1. The van der Waals surface area contributed by atoms with Crippen LogP contribution in [-0.4, -0.2) is 46.2 Å². The number of aromatic nitrogens is 3. The maximum atomic E-state index is 5.39. The minimum Gasteiger partial charge on any atom is -0.497 e. The lowest BCUT2D eigenvalue weighted by Crippen LogP contribution is -2.35. The Hall–Kier alpha value is -2.27. The molecule has 4 rings (SSSR count). The summed E-state index contributed by atoms with van der Waals surface area (Å²) in [5, 5.41) is 1.31. The summed E-state index contributed by atoms with van der Waals surface area (Å²) in [6, 6.07) is 6.28. The summed E-state index contributed by atoms with van der Waals surface area (Å²) in [4.78, 5) is 10.1. The molecule has 1 aliphatic rings. The summed E-state index contributed by atoms with van der Waals surface area (Å²) >= 11 is 0. The largest absolute Gasteiger partial charge is 0.497 e. The van der Waals surface area contributed by atoms with Crippen LogP contribution >= 0.6 is 0 Å². The summed E-state index contributed by atoms with van der Waals surface area (Å²) < 4.78 is 7.54. The first-order valence-electron chi connectivity index (χ1n) is 8.66. The Bertz CT molecular complexity index is 785. The van der Waals surface area contributed by atoms with Gasteiger partial charge in [-0.25, -0.2) is 4.98 Å². The van der Waals surface area contributed by atoms with Crippen molar-refractivity contribution in [3.8, 4) is 5.75 Å². The van der Waals surface area contributed by atoms with Crippen molar-refractivity contribution in [2.45, 2.75) is 25.3 Å². The Kier molecular flexibility index (Phi) is 4.26. The lowest BCUT2D eigenvalue weighted by molar-refractivity contribution is 0.205. The van der Waals surface area contributed by atoms with E-state index in [-0.39, 0.29) is 0 Å². The molecule has 0 saturated carbocycles. The van der Waals surface area contributed by atoms with E-state index in [1.807, 2.05) is 24.8 Å². The van der Waals surface area contributed by atoms with Gasteiger partial charge in [0.25, 0.3) is 0 Å². The third-order valence-electron chi connectivity index (χ3n) is 5.18. The number of rotatable bonds is 5. The molecule has 1 aromatic carbocycles. The van der Waals surface area contributed by atoms with Crippen LogP contribution in [0.1, 0.15) is 24.3 Å². The number of H-pyrrole nitrogens is 1. The molecule has 1 N–H and O–H groups in total. The zero-order valence-corrected chi connectivity index (χ0v) is 14.1. The molecule has 24 heavy (non-hydrogen) atoms. The standard InChI is InChI=1S/C19H24N4O/c1-24-16-2-3-19-17(12-16)18(13-21-19)15-4-7-22(8-5-15)10-11-23-9-6-20-14-23/h2-3,6,9,12-15,21H,4-5,7-8,10-11H2,1H3. The predicted molar refractivity (Wildman–Crippen MR) is 95.5 cm³/mol. The molecule has 126 valence electrons. The van der Waals surface area contributed by atoms with E-state index in [0.29, 0.717) is 5.92 Å².